The van der Waals surface area contributed by atoms with Crippen molar-refractivity contribution < 1.29 is 4.39 Å². The number of amidine groups is 1. The van der Waals surface area contributed by atoms with Crippen molar-refractivity contribution in [3.05, 3.63) is 76.8 Å². The van der Waals surface area contributed by atoms with Gasteiger partial charge in [0.1, 0.15) is 11.7 Å². The molecule has 0 fully saturated rings. The number of hydrogen-bond donors (Lipinski definition) is 2. The number of nitrogens with one attached hydrogen (secondary N) is 2. The predicted octanol–water partition coefficient (Wildman–Crippen LogP) is 4.62. The minimum absolute atomic E-state index is 0.231. The minimum atomic E-state index is -0.231. The maximum Gasteiger partial charge on any atom is 0.133 e. The zero-order valence-electron chi connectivity index (χ0n) is 16.4. The summed E-state index contributed by atoms with van der Waals surface area (Å²) in [5.41, 5.74) is 5.70. The highest BCUT2D eigenvalue weighted by atomic mass is 19.1. The molecule has 4 heteroatoms. The summed E-state index contributed by atoms with van der Waals surface area (Å²) in [5.74, 6) is 0.957. The zero-order chi connectivity index (χ0) is 19.4. The third kappa shape index (κ3) is 4.11. The first-order valence-corrected chi connectivity index (χ1v) is 9.54. The van der Waals surface area contributed by atoms with E-state index in [1.54, 1.807) is 13.1 Å². The Morgan fingerprint density at radius 1 is 1.30 bits per heavy atom. The molecule has 2 aliphatic heterocycles. The summed E-state index contributed by atoms with van der Waals surface area (Å²) in [6.45, 7) is 10.5. The summed E-state index contributed by atoms with van der Waals surface area (Å²) in [7, 11) is 1.76. The Kier molecular flexibility index (Phi) is 6.07. The molecule has 3 rings (SSSR count). The monoisotopic (exact) mass is 365 g/mol. The predicted molar refractivity (Wildman–Crippen MR) is 112 cm³/mol. The van der Waals surface area contributed by atoms with Crippen molar-refractivity contribution in [3.8, 4) is 0 Å². The quantitative estimate of drug-likeness (QED) is 0.820. The first kappa shape index (κ1) is 19.3. The highest BCUT2D eigenvalue weighted by molar-refractivity contribution is 6.18. The van der Waals surface area contributed by atoms with Crippen molar-refractivity contribution in [1.29, 1.82) is 0 Å². The molecule has 0 radical (unpaired) electrons. The molecular weight excluding hydrogens is 337 g/mol. The summed E-state index contributed by atoms with van der Waals surface area (Å²) in [6, 6.07) is 6.89. The van der Waals surface area contributed by atoms with Crippen LogP contribution in [0.1, 0.15) is 32.3 Å². The number of benzene rings is 1. The summed E-state index contributed by atoms with van der Waals surface area (Å²) in [6.07, 6.45) is 6.21. The van der Waals surface area contributed by atoms with Crippen LogP contribution in [0.4, 0.5) is 4.39 Å². The topological polar surface area (TPSA) is 36.4 Å². The molecule has 0 aromatic heterocycles. The van der Waals surface area contributed by atoms with Gasteiger partial charge in [-0.05, 0) is 49.4 Å². The van der Waals surface area contributed by atoms with E-state index in [0.717, 1.165) is 54.1 Å². The van der Waals surface area contributed by atoms with Gasteiger partial charge in [0.15, 0.2) is 0 Å². The maximum absolute atomic E-state index is 14.6. The molecule has 3 nitrogen and oxygen atoms in total. The van der Waals surface area contributed by atoms with Gasteiger partial charge in [-0.15, -0.1) is 0 Å². The van der Waals surface area contributed by atoms with Crippen molar-refractivity contribution >= 4 is 11.4 Å². The number of aliphatic imine (C=N–C) groups is 1. The van der Waals surface area contributed by atoms with Crippen LogP contribution in [0.2, 0.25) is 0 Å². The van der Waals surface area contributed by atoms with Crippen molar-refractivity contribution in [2.75, 3.05) is 20.1 Å². The van der Waals surface area contributed by atoms with Gasteiger partial charge in [0.25, 0.3) is 0 Å². The number of halogens is 1. The van der Waals surface area contributed by atoms with E-state index in [0.29, 0.717) is 11.5 Å². The highest BCUT2D eigenvalue weighted by Crippen LogP contribution is 2.37. The van der Waals surface area contributed by atoms with E-state index in [-0.39, 0.29) is 5.82 Å². The zero-order valence-corrected chi connectivity index (χ0v) is 16.4. The standard InChI is InChI=1S/C23H28FN3/c1-15(2)21(17-8-7-11-26-13-16(3)12-17)22-19(14-27-23(22)25-4)18-9-5-6-10-20(18)24/h5-6,9-10,12,14,16,26H,1,7-8,11,13H2,2-4H3,(H,25,27)/b17-12-,22-21+/t16-/m1/s1. The van der Waals surface area contributed by atoms with E-state index in [2.05, 4.69) is 35.2 Å². The van der Waals surface area contributed by atoms with Crippen LogP contribution >= 0.6 is 0 Å². The Morgan fingerprint density at radius 3 is 2.78 bits per heavy atom. The fourth-order valence-corrected chi connectivity index (χ4v) is 3.81. The molecule has 2 N–H and O–H groups in total. The van der Waals surface area contributed by atoms with Gasteiger partial charge in [-0.25, -0.2) is 4.39 Å². The van der Waals surface area contributed by atoms with Gasteiger partial charge in [-0.3, -0.25) is 4.99 Å². The van der Waals surface area contributed by atoms with E-state index in [9.17, 15) is 4.39 Å². The summed E-state index contributed by atoms with van der Waals surface area (Å²) < 4.78 is 14.6. The molecule has 2 aliphatic rings. The van der Waals surface area contributed by atoms with Gasteiger partial charge in [0.2, 0.25) is 0 Å². The molecule has 0 amide bonds. The molecule has 0 aliphatic carbocycles. The number of hydrogen-bond acceptors (Lipinski definition) is 2. The van der Waals surface area contributed by atoms with Gasteiger partial charge in [0.05, 0.1) is 0 Å². The van der Waals surface area contributed by atoms with Gasteiger partial charge in [0, 0.05) is 36.5 Å². The minimum Gasteiger partial charge on any atom is -0.346 e. The second kappa shape index (κ2) is 8.49. The second-order valence-electron chi connectivity index (χ2n) is 7.26. The largest absolute Gasteiger partial charge is 0.346 e. The normalized spacial score (nSPS) is 25.8. The molecule has 142 valence electrons. The Balaban J connectivity index is 2.21. The first-order valence-electron chi connectivity index (χ1n) is 9.54. The molecule has 1 aromatic rings. The molecular formula is C23H28FN3. The lowest BCUT2D eigenvalue weighted by Crippen LogP contribution is -2.24. The van der Waals surface area contributed by atoms with Crippen LogP contribution in [0, 0.1) is 11.7 Å². The van der Waals surface area contributed by atoms with Crippen molar-refractivity contribution in [3.63, 3.8) is 0 Å². The lowest BCUT2D eigenvalue weighted by atomic mass is 9.84. The summed E-state index contributed by atoms with van der Waals surface area (Å²) in [4.78, 5) is 4.43. The third-order valence-corrected chi connectivity index (χ3v) is 5.00. The Morgan fingerprint density at radius 2 is 2.07 bits per heavy atom. The molecule has 0 bridgehead atoms. The van der Waals surface area contributed by atoms with Crippen LogP contribution < -0.4 is 10.6 Å². The van der Waals surface area contributed by atoms with Crippen molar-refractivity contribution in [1.82, 2.24) is 10.6 Å². The van der Waals surface area contributed by atoms with E-state index in [1.165, 1.54) is 11.6 Å². The first-order chi connectivity index (χ1) is 13.0. The lowest BCUT2D eigenvalue weighted by Gasteiger charge is -2.22. The molecule has 2 heterocycles. The average molecular weight is 365 g/mol. The van der Waals surface area contributed by atoms with Crippen LogP contribution in [0.5, 0.6) is 0 Å². The van der Waals surface area contributed by atoms with Crippen LogP contribution in [-0.4, -0.2) is 26.0 Å². The molecule has 1 atom stereocenters. The fraction of sp³-hybridized carbons (Fsp3) is 0.348. The van der Waals surface area contributed by atoms with Gasteiger partial charge >= 0.3 is 0 Å². The molecule has 0 unspecified atom stereocenters. The smallest absolute Gasteiger partial charge is 0.133 e. The lowest BCUT2D eigenvalue weighted by molar-refractivity contribution is 0.558. The maximum atomic E-state index is 14.6. The van der Waals surface area contributed by atoms with Crippen LogP contribution in [-0.2, 0) is 0 Å². The van der Waals surface area contributed by atoms with E-state index in [4.69, 9.17) is 0 Å². The fourth-order valence-electron chi connectivity index (χ4n) is 3.81. The third-order valence-electron chi connectivity index (χ3n) is 5.00. The average Bonchev–Trinajstić information content (AvgIpc) is 3.03. The molecule has 0 spiro atoms. The number of nitrogens with zero attached hydrogens (tertiary/aromatic N) is 1. The van der Waals surface area contributed by atoms with Crippen molar-refractivity contribution in [2.24, 2.45) is 10.9 Å². The van der Waals surface area contributed by atoms with E-state index in [1.807, 2.05) is 25.3 Å². The molecule has 0 saturated heterocycles. The summed E-state index contributed by atoms with van der Waals surface area (Å²) in [5, 5.41) is 6.71. The Bertz CT molecular complexity index is 858. The van der Waals surface area contributed by atoms with Crippen LogP contribution in [0.15, 0.2) is 70.4 Å². The molecule has 27 heavy (non-hydrogen) atoms. The molecule has 0 saturated carbocycles. The molecule has 1 aromatic carbocycles. The highest BCUT2D eigenvalue weighted by Gasteiger charge is 2.27. The summed E-state index contributed by atoms with van der Waals surface area (Å²) >= 11 is 0. The SMILES string of the molecule is C=C(C)C(/C1=C\[C@@H](C)CNCCC1)=C1/C(c2ccccc2F)=CN/C1=N/C. The number of rotatable bonds is 3. The van der Waals surface area contributed by atoms with E-state index >= 15 is 0 Å². The van der Waals surface area contributed by atoms with Gasteiger partial charge in [-0.2, -0.15) is 0 Å². The van der Waals surface area contributed by atoms with Crippen LogP contribution in [0.25, 0.3) is 5.57 Å². The van der Waals surface area contributed by atoms with Crippen molar-refractivity contribution in [2.45, 2.75) is 26.7 Å². The Hall–Kier alpha value is -2.46. The number of allylic oxidation sites excluding steroid dienone is 3. The van der Waals surface area contributed by atoms with E-state index < -0.39 is 0 Å². The van der Waals surface area contributed by atoms with Crippen LogP contribution in [0.3, 0.4) is 0 Å². The Labute approximate surface area is 161 Å². The van der Waals surface area contributed by atoms with Gasteiger partial charge < -0.3 is 10.6 Å². The second-order valence-corrected chi connectivity index (χ2v) is 7.26. The van der Waals surface area contributed by atoms with Gasteiger partial charge in [-0.1, -0.05) is 43.4 Å².